The van der Waals surface area contributed by atoms with Gasteiger partial charge in [0.1, 0.15) is 17.3 Å². The van der Waals surface area contributed by atoms with Crippen LogP contribution in [0.2, 0.25) is 0 Å². The van der Waals surface area contributed by atoms with Crippen LogP contribution in [0.4, 0.5) is 19.0 Å². The van der Waals surface area contributed by atoms with Gasteiger partial charge in [0.25, 0.3) is 0 Å². The van der Waals surface area contributed by atoms with Gasteiger partial charge in [-0.25, -0.2) is 4.98 Å². The van der Waals surface area contributed by atoms with Gasteiger partial charge in [0.15, 0.2) is 0 Å². The zero-order chi connectivity index (χ0) is 15.6. The first-order valence-corrected chi connectivity index (χ1v) is 6.91. The summed E-state index contributed by atoms with van der Waals surface area (Å²) in [5, 5.41) is 0. The van der Waals surface area contributed by atoms with E-state index >= 15 is 0 Å². The number of nitrogen functional groups attached to an aromatic ring is 1. The average Bonchev–Trinajstić information content (AvgIpc) is 2.74. The van der Waals surface area contributed by atoms with Crippen molar-refractivity contribution in [1.82, 2.24) is 9.55 Å². The number of halogens is 3. The van der Waals surface area contributed by atoms with Gasteiger partial charge in [0.05, 0.1) is 5.56 Å². The van der Waals surface area contributed by atoms with Crippen LogP contribution < -0.4 is 5.73 Å². The monoisotopic (exact) mass is 297 g/mol. The summed E-state index contributed by atoms with van der Waals surface area (Å²) in [7, 11) is 0. The molecule has 2 aromatic rings. The maximum atomic E-state index is 12.6. The Morgan fingerprint density at radius 3 is 2.24 bits per heavy atom. The molecule has 0 radical (unpaired) electrons. The minimum Gasteiger partial charge on any atom is -0.383 e. The molecule has 0 amide bonds. The number of aromatic nitrogens is 2. The van der Waals surface area contributed by atoms with Crippen molar-refractivity contribution in [3.8, 4) is 11.3 Å². The number of hydrogen-bond donors (Lipinski definition) is 1. The lowest BCUT2D eigenvalue weighted by molar-refractivity contribution is -0.137. The van der Waals surface area contributed by atoms with Crippen molar-refractivity contribution in [3.05, 3.63) is 35.7 Å². The maximum absolute atomic E-state index is 12.6. The van der Waals surface area contributed by atoms with Gasteiger partial charge in [-0.05, 0) is 25.5 Å². The number of rotatable bonds is 4. The van der Waals surface area contributed by atoms with E-state index in [0.29, 0.717) is 23.6 Å². The van der Waals surface area contributed by atoms with Gasteiger partial charge in [-0.3, -0.25) is 0 Å². The minimum absolute atomic E-state index is 0.501. The van der Waals surface area contributed by atoms with Gasteiger partial charge >= 0.3 is 6.18 Å². The summed E-state index contributed by atoms with van der Waals surface area (Å²) in [6, 6.07) is 4.94. The van der Waals surface area contributed by atoms with Crippen LogP contribution in [0.3, 0.4) is 0 Å². The van der Waals surface area contributed by atoms with Crippen LogP contribution >= 0.6 is 0 Å². The predicted molar refractivity (Wildman–Crippen MR) is 76.7 cm³/mol. The van der Waals surface area contributed by atoms with Gasteiger partial charge < -0.3 is 10.3 Å². The number of imidazole rings is 1. The molecule has 0 bridgehead atoms. The second kappa shape index (κ2) is 5.79. The van der Waals surface area contributed by atoms with Gasteiger partial charge in [-0.15, -0.1) is 0 Å². The maximum Gasteiger partial charge on any atom is 0.416 e. The van der Waals surface area contributed by atoms with E-state index in [-0.39, 0.29) is 0 Å². The molecule has 1 aromatic heterocycles. The van der Waals surface area contributed by atoms with Crippen molar-refractivity contribution in [2.45, 2.75) is 39.4 Å². The fraction of sp³-hybridized carbons (Fsp3) is 0.400. The van der Waals surface area contributed by atoms with E-state index in [1.807, 2.05) is 18.4 Å². The fourth-order valence-electron chi connectivity index (χ4n) is 2.31. The van der Waals surface area contributed by atoms with Crippen molar-refractivity contribution < 1.29 is 13.2 Å². The predicted octanol–water partition coefficient (Wildman–Crippen LogP) is 4.12. The number of aryl methyl sites for hydroxylation is 1. The molecular weight excluding hydrogens is 279 g/mol. The summed E-state index contributed by atoms with van der Waals surface area (Å²) in [6.45, 7) is 4.70. The summed E-state index contributed by atoms with van der Waals surface area (Å²) >= 11 is 0. The van der Waals surface area contributed by atoms with Gasteiger partial charge in [-0.1, -0.05) is 19.1 Å². The lowest BCUT2D eigenvalue weighted by atomic mass is 10.1. The van der Waals surface area contributed by atoms with Crippen LogP contribution in [0.15, 0.2) is 24.3 Å². The van der Waals surface area contributed by atoms with Crippen molar-refractivity contribution in [1.29, 1.82) is 0 Å². The quantitative estimate of drug-likeness (QED) is 0.922. The van der Waals surface area contributed by atoms with Crippen LogP contribution in [0, 0.1) is 0 Å². The van der Waals surface area contributed by atoms with Gasteiger partial charge in [-0.2, -0.15) is 13.2 Å². The molecule has 0 unspecified atom stereocenters. The standard InChI is InChI=1S/C15H18F3N3/c1-3-5-12-20-13(14(19)21(12)4-2)10-6-8-11(9-7-10)15(16,17)18/h6-9H,3-5,19H2,1-2H3. The molecule has 0 aliphatic carbocycles. The zero-order valence-corrected chi connectivity index (χ0v) is 12.0. The highest BCUT2D eigenvalue weighted by atomic mass is 19.4. The van der Waals surface area contributed by atoms with Crippen LogP contribution in [0.25, 0.3) is 11.3 Å². The lowest BCUT2D eigenvalue weighted by Crippen LogP contribution is -2.05. The molecule has 0 saturated carbocycles. The summed E-state index contributed by atoms with van der Waals surface area (Å²) in [6.07, 6.45) is -2.61. The molecule has 1 aromatic carbocycles. The number of nitrogens with two attached hydrogens (primary N) is 1. The van der Waals surface area contributed by atoms with Crippen molar-refractivity contribution in [3.63, 3.8) is 0 Å². The molecule has 114 valence electrons. The minimum atomic E-state index is -4.33. The van der Waals surface area contributed by atoms with Crippen molar-refractivity contribution >= 4 is 5.82 Å². The average molecular weight is 297 g/mol. The SMILES string of the molecule is CCCc1nc(-c2ccc(C(F)(F)F)cc2)c(N)n1CC. The van der Waals surface area contributed by atoms with E-state index in [2.05, 4.69) is 4.98 Å². The molecule has 2 N–H and O–H groups in total. The Morgan fingerprint density at radius 2 is 1.76 bits per heavy atom. The number of nitrogens with zero attached hydrogens (tertiary/aromatic N) is 2. The molecule has 0 fully saturated rings. The van der Waals surface area contributed by atoms with E-state index in [1.54, 1.807) is 0 Å². The third-order valence-corrected chi connectivity index (χ3v) is 3.36. The van der Waals surface area contributed by atoms with Crippen LogP contribution in [0.5, 0.6) is 0 Å². The highest BCUT2D eigenvalue weighted by Gasteiger charge is 2.30. The second-order valence-electron chi connectivity index (χ2n) is 4.83. The Morgan fingerprint density at radius 1 is 1.14 bits per heavy atom. The number of alkyl halides is 3. The molecule has 0 aliphatic rings. The van der Waals surface area contributed by atoms with Crippen LogP contribution in [-0.2, 0) is 19.1 Å². The van der Waals surface area contributed by atoms with Gasteiger partial charge in [0.2, 0.25) is 0 Å². The molecular formula is C15H18F3N3. The Kier molecular flexibility index (Phi) is 4.25. The largest absolute Gasteiger partial charge is 0.416 e. The Balaban J connectivity index is 2.42. The highest BCUT2D eigenvalue weighted by molar-refractivity contribution is 5.71. The summed E-state index contributed by atoms with van der Waals surface area (Å²) in [4.78, 5) is 4.49. The number of hydrogen-bond acceptors (Lipinski definition) is 2. The summed E-state index contributed by atoms with van der Waals surface area (Å²) < 4.78 is 39.6. The summed E-state index contributed by atoms with van der Waals surface area (Å²) in [5.74, 6) is 1.37. The van der Waals surface area contributed by atoms with Crippen LogP contribution in [0.1, 0.15) is 31.7 Å². The van der Waals surface area contributed by atoms with E-state index in [4.69, 9.17) is 5.73 Å². The van der Waals surface area contributed by atoms with E-state index < -0.39 is 11.7 Å². The Hall–Kier alpha value is -1.98. The molecule has 2 rings (SSSR count). The molecule has 21 heavy (non-hydrogen) atoms. The lowest BCUT2D eigenvalue weighted by Gasteiger charge is -2.07. The van der Waals surface area contributed by atoms with Crippen LogP contribution in [-0.4, -0.2) is 9.55 Å². The summed E-state index contributed by atoms with van der Waals surface area (Å²) in [5.41, 5.74) is 6.56. The Bertz CT molecular complexity index is 612. The first-order valence-electron chi connectivity index (χ1n) is 6.91. The van der Waals surface area contributed by atoms with Crippen molar-refractivity contribution in [2.75, 3.05) is 5.73 Å². The fourth-order valence-corrected chi connectivity index (χ4v) is 2.31. The zero-order valence-electron chi connectivity index (χ0n) is 12.0. The molecule has 0 aliphatic heterocycles. The molecule has 0 saturated heterocycles. The molecule has 3 nitrogen and oxygen atoms in total. The Labute approximate surface area is 121 Å². The first-order chi connectivity index (χ1) is 9.88. The number of anilines is 1. The third kappa shape index (κ3) is 3.04. The molecule has 1 heterocycles. The smallest absolute Gasteiger partial charge is 0.383 e. The molecule has 6 heteroatoms. The topological polar surface area (TPSA) is 43.8 Å². The number of benzene rings is 1. The second-order valence-corrected chi connectivity index (χ2v) is 4.83. The first kappa shape index (κ1) is 15.4. The normalized spacial score (nSPS) is 11.9. The molecule has 0 spiro atoms. The van der Waals surface area contributed by atoms with Gasteiger partial charge in [0, 0.05) is 18.5 Å². The molecule has 0 atom stereocenters. The van der Waals surface area contributed by atoms with E-state index in [1.165, 1.54) is 12.1 Å². The highest BCUT2D eigenvalue weighted by Crippen LogP contribution is 2.32. The third-order valence-electron chi connectivity index (χ3n) is 3.36. The van der Waals surface area contributed by atoms with E-state index in [0.717, 1.165) is 30.8 Å². The van der Waals surface area contributed by atoms with Crippen molar-refractivity contribution in [2.24, 2.45) is 0 Å². The van der Waals surface area contributed by atoms with E-state index in [9.17, 15) is 13.2 Å².